The van der Waals surface area contributed by atoms with E-state index in [0.717, 1.165) is 56.9 Å². The molecule has 0 unspecified atom stereocenters. The summed E-state index contributed by atoms with van der Waals surface area (Å²) in [4.78, 5) is 18.7. The predicted octanol–water partition coefficient (Wildman–Crippen LogP) is 2.14. The van der Waals surface area contributed by atoms with Crippen molar-refractivity contribution in [2.45, 2.75) is 50.9 Å². The lowest BCUT2D eigenvalue weighted by Crippen LogP contribution is -2.41. The summed E-state index contributed by atoms with van der Waals surface area (Å²) in [5.74, 6) is 3.39. The third-order valence-corrected chi connectivity index (χ3v) is 4.65. The number of carbonyl (C=O) groups is 1. The van der Waals surface area contributed by atoms with Crippen LogP contribution in [0.5, 0.6) is 0 Å². The van der Waals surface area contributed by atoms with Crippen molar-refractivity contribution in [1.82, 2.24) is 15.0 Å². The Labute approximate surface area is 118 Å². The lowest BCUT2D eigenvalue weighted by molar-refractivity contribution is -0.134. The molecular weight excluding hydrogens is 254 g/mol. The van der Waals surface area contributed by atoms with Gasteiger partial charge in [-0.15, -0.1) is 0 Å². The molecule has 4 rings (SSSR count). The monoisotopic (exact) mass is 275 g/mol. The Balaban J connectivity index is 1.36. The SMILES string of the molecule is O=C(C1CC1)N1CCC[C@@H](Cc2nc(C3CC3)no2)C1. The van der Waals surface area contributed by atoms with Crippen LogP contribution in [0.25, 0.3) is 0 Å². The van der Waals surface area contributed by atoms with Crippen molar-refractivity contribution >= 4 is 5.91 Å². The second kappa shape index (κ2) is 4.86. The van der Waals surface area contributed by atoms with E-state index in [1.807, 2.05) is 0 Å². The first-order valence-corrected chi connectivity index (χ1v) is 7.91. The quantitative estimate of drug-likeness (QED) is 0.844. The summed E-state index contributed by atoms with van der Waals surface area (Å²) < 4.78 is 5.36. The van der Waals surface area contributed by atoms with E-state index in [1.54, 1.807) is 0 Å². The van der Waals surface area contributed by atoms with E-state index in [1.165, 1.54) is 12.8 Å². The van der Waals surface area contributed by atoms with Crippen molar-refractivity contribution in [2.24, 2.45) is 11.8 Å². The standard InChI is InChI=1S/C15H21N3O2/c19-15(12-5-6-12)18-7-1-2-10(9-18)8-13-16-14(17-20-13)11-3-4-11/h10-12H,1-9H2/t10-/m0/s1. The van der Waals surface area contributed by atoms with Gasteiger partial charge in [-0.05, 0) is 44.4 Å². The minimum atomic E-state index is 0.332. The minimum Gasteiger partial charge on any atom is -0.342 e. The molecule has 3 fully saturated rings. The van der Waals surface area contributed by atoms with E-state index in [9.17, 15) is 4.79 Å². The molecule has 5 nitrogen and oxygen atoms in total. The van der Waals surface area contributed by atoms with Gasteiger partial charge in [0.15, 0.2) is 5.82 Å². The summed E-state index contributed by atoms with van der Waals surface area (Å²) in [6.07, 6.45) is 7.68. The van der Waals surface area contributed by atoms with Gasteiger partial charge in [0.2, 0.25) is 11.8 Å². The second-order valence-corrected chi connectivity index (χ2v) is 6.59. The maximum atomic E-state index is 12.1. The number of amides is 1. The van der Waals surface area contributed by atoms with E-state index in [0.29, 0.717) is 23.7 Å². The van der Waals surface area contributed by atoms with Crippen LogP contribution in [-0.4, -0.2) is 34.0 Å². The van der Waals surface area contributed by atoms with Crippen LogP contribution in [0.15, 0.2) is 4.52 Å². The molecule has 20 heavy (non-hydrogen) atoms. The van der Waals surface area contributed by atoms with Crippen molar-refractivity contribution in [3.05, 3.63) is 11.7 Å². The lowest BCUT2D eigenvalue weighted by atomic mass is 9.94. The Hall–Kier alpha value is -1.39. The highest BCUT2D eigenvalue weighted by atomic mass is 16.5. The Morgan fingerprint density at radius 2 is 2.10 bits per heavy atom. The molecule has 1 saturated heterocycles. The molecule has 0 radical (unpaired) electrons. The number of piperidine rings is 1. The molecule has 5 heteroatoms. The van der Waals surface area contributed by atoms with Crippen LogP contribution >= 0.6 is 0 Å². The van der Waals surface area contributed by atoms with Crippen molar-refractivity contribution < 1.29 is 9.32 Å². The third kappa shape index (κ3) is 2.58. The number of aromatic nitrogens is 2. The van der Waals surface area contributed by atoms with Crippen LogP contribution in [0.3, 0.4) is 0 Å². The van der Waals surface area contributed by atoms with E-state index in [2.05, 4.69) is 15.0 Å². The van der Waals surface area contributed by atoms with E-state index in [4.69, 9.17) is 4.52 Å². The summed E-state index contributed by atoms with van der Waals surface area (Å²) in [5, 5.41) is 4.07. The molecule has 2 aliphatic carbocycles. The highest BCUT2D eigenvalue weighted by Crippen LogP contribution is 2.38. The highest BCUT2D eigenvalue weighted by molar-refractivity contribution is 5.81. The number of carbonyl (C=O) groups excluding carboxylic acids is 1. The molecule has 1 atom stereocenters. The minimum absolute atomic E-state index is 0.332. The van der Waals surface area contributed by atoms with Gasteiger partial charge in [-0.3, -0.25) is 4.79 Å². The Kier molecular flexibility index (Phi) is 3.00. The average Bonchev–Trinajstić information content (AvgIpc) is 3.37. The Morgan fingerprint density at radius 1 is 1.25 bits per heavy atom. The van der Waals surface area contributed by atoms with Crippen LogP contribution in [0.2, 0.25) is 0 Å². The average molecular weight is 275 g/mol. The molecule has 2 heterocycles. The van der Waals surface area contributed by atoms with Crippen molar-refractivity contribution in [3.63, 3.8) is 0 Å². The topological polar surface area (TPSA) is 59.2 Å². The first-order chi connectivity index (χ1) is 9.79. The fourth-order valence-electron chi connectivity index (χ4n) is 3.13. The summed E-state index contributed by atoms with van der Waals surface area (Å²) in [6, 6.07) is 0. The molecule has 1 aliphatic heterocycles. The van der Waals surface area contributed by atoms with Gasteiger partial charge in [-0.25, -0.2) is 0 Å². The van der Waals surface area contributed by atoms with Gasteiger partial charge in [0, 0.05) is 31.3 Å². The van der Waals surface area contributed by atoms with Crippen molar-refractivity contribution in [2.75, 3.05) is 13.1 Å². The number of nitrogens with zero attached hydrogens (tertiary/aromatic N) is 3. The van der Waals surface area contributed by atoms with Crippen LogP contribution in [0, 0.1) is 11.8 Å². The smallest absolute Gasteiger partial charge is 0.226 e. The van der Waals surface area contributed by atoms with Crippen LogP contribution < -0.4 is 0 Å². The summed E-state index contributed by atoms with van der Waals surface area (Å²) >= 11 is 0. The molecule has 108 valence electrons. The summed E-state index contributed by atoms with van der Waals surface area (Å²) in [5.41, 5.74) is 0. The van der Waals surface area contributed by atoms with Gasteiger partial charge >= 0.3 is 0 Å². The van der Waals surface area contributed by atoms with Gasteiger partial charge in [0.25, 0.3) is 0 Å². The molecule has 2 saturated carbocycles. The Morgan fingerprint density at radius 3 is 2.85 bits per heavy atom. The van der Waals surface area contributed by atoms with Crippen LogP contribution in [0.1, 0.15) is 56.2 Å². The molecule has 0 aromatic carbocycles. The number of rotatable bonds is 4. The normalized spacial score (nSPS) is 26.8. The first-order valence-electron chi connectivity index (χ1n) is 7.91. The molecule has 1 aromatic rings. The molecule has 3 aliphatic rings. The van der Waals surface area contributed by atoms with E-state index in [-0.39, 0.29) is 0 Å². The molecular formula is C15H21N3O2. The largest absolute Gasteiger partial charge is 0.342 e. The second-order valence-electron chi connectivity index (χ2n) is 6.59. The highest BCUT2D eigenvalue weighted by Gasteiger charge is 2.36. The van der Waals surface area contributed by atoms with Crippen molar-refractivity contribution in [1.29, 1.82) is 0 Å². The predicted molar refractivity (Wildman–Crippen MR) is 72.0 cm³/mol. The third-order valence-electron chi connectivity index (χ3n) is 4.65. The zero-order valence-corrected chi connectivity index (χ0v) is 11.8. The maximum absolute atomic E-state index is 12.1. The van der Waals surface area contributed by atoms with Gasteiger partial charge in [-0.1, -0.05) is 5.16 Å². The lowest BCUT2D eigenvalue weighted by Gasteiger charge is -2.32. The van der Waals surface area contributed by atoms with Gasteiger partial charge in [0.1, 0.15) is 0 Å². The van der Waals surface area contributed by atoms with Gasteiger partial charge in [0.05, 0.1) is 0 Å². The molecule has 0 bridgehead atoms. The number of hydrogen-bond acceptors (Lipinski definition) is 4. The Bertz CT molecular complexity index is 505. The molecule has 0 spiro atoms. The van der Waals surface area contributed by atoms with E-state index < -0.39 is 0 Å². The summed E-state index contributed by atoms with van der Waals surface area (Å²) in [6.45, 7) is 1.81. The van der Waals surface area contributed by atoms with Gasteiger partial charge < -0.3 is 9.42 Å². The molecule has 1 aromatic heterocycles. The maximum Gasteiger partial charge on any atom is 0.226 e. The van der Waals surface area contributed by atoms with Crippen LogP contribution in [-0.2, 0) is 11.2 Å². The van der Waals surface area contributed by atoms with Crippen molar-refractivity contribution in [3.8, 4) is 0 Å². The fourth-order valence-corrected chi connectivity index (χ4v) is 3.13. The first kappa shape index (κ1) is 12.4. The zero-order chi connectivity index (χ0) is 13.5. The van der Waals surface area contributed by atoms with Gasteiger partial charge in [-0.2, -0.15) is 4.98 Å². The molecule has 1 amide bonds. The van der Waals surface area contributed by atoms with Crippen LogP contribution in [0.4, 0.5) is 0 Å². The fraction of sp³-hybridized carbons (Fsp3) is 0.800. The molecule has 0 N–H and O–H groups in total. The summed E-state index contributed by atoms with van der Waals surface area (Å²) in [7, 11) is 0. The van der Waals surface area contributed by atoms with E-state index >= 15 is 0 Å². The number of hydrogen-bond donors (Lipinski definition) is 0. The zero-order valence-electron chi connectivity index (χ0n) is 11.8. The number of likely N-dealkylation sites (tertiary alicyclic amines) is 1.